The maximum absolute atomic E-state index is 12.9. The third-order valence-electron chi connectivity index (χ3n) is 5.17. The standard InChI is InChI=1S/C24H25N3O3/c1-15-5-6-17(10-23(15)29-8-7-27(3)4)20-12-22(28)19-11-18(24-13-25-14-30-24)16(2)9-21(19)26-20/h5-6,9-14H,7-8H2,1-4H3,(H,26,28). The molecule has 0 bridgehead atoms. The van der Waals surface area contributed by atoms with Gasteiger partial charge in [-0.3, -0.25) is 4.79 Å². The molecule has 0 amide bonds. The number of rotatable bonds is 6. The maximum Gasteiger partial charge on any atom is 0.190 e. The van der Waals surface area contributed by atoms with Gasteiger partial charge in [0, 0.05) is 34.8 Å². The second-order valence-electron chi connectivity index (χ2n) is 7.76. The molecule has 2 aromatic heterocycles. The molecular formula is C24H25N3O3. The topological polar surface area (TPSA) is 71.4 Å². The van der Waals surface area contributed by atoms with Crippen molar-refractivity contribution in [3.8, 4) is 28.3 Å². The van der Waals surface area contributed by atoms with E-state index < -0.39 is 0 Å². The first-order chi connectivity index (χ1) is 14.4. The summed E-state index contributed by atoms with van der Waals surface area (Å²) >= 11 is 0. The number of ether oxygens (including phenoxy) is 1. The van der Waals surface area contributed by atoms with Crippen LogP contribution >= 0.6 is 0 Å². The molecule has 0 aliphatic heterocycles. The highest BCUT2D eigenvalue weighted by molar-refractivity contribution is 5.87. The third kappa shape index (κ3) is 4.00. The highest BCUT2D eigenvalue weighted by Gasteiger charge is 2.12. The fraction of sp³-hybridized carbons (Fsp3) is 0.250. The van der Waals surface area contributed by atoms with Crippen LogP contribution in [0.1, 0.15) is 11.1 Å². The molecule has 4 rings (SSSR count). The van der Waals surface area contributed by atoms with Gasteiger partial charge < -0.3 is 19.0 Å². The summed E-state index contributed by atoms with van der Waals surface area (Å²) in [4.78, 5) is 22.4. The van der Waals surface area contributed by atoms with Gasteiger partial charge in [0.2, 0.25) is 0 Å². The SMILES string of the molecule is Cc1ccc(-c2cc(=O)c3cc(-c4cnco4)c(C)cc3[nH]2)cc1OCCN(C)C. The van der Waals surface area contributed by atoms with E-state index in [1.165, 1.54) is 6.39 Å². The summed E-state index contributed by atoms with van der Waals surface area (Å²) < 4.78 is 11.4. The molecule has 0 saturated carbocycles. The largest absolute Gasteiger partial charge is 0.492 e. The lowest BCUT2D eigenvalue weighted by molar-refractivity contribution is 0.260. The van der Waals surface area contributed by atoms with Crippen LogP contribution in [0.25, 0.3) is 33.5 Å². The number of pyridine rings is 1. The Hall–Kier alpha value is -3.38. The Morgan fingerprint density at radius 1 is 1.10 bits per heavy atom. The number of oxazole rings is 1. The van der Waals surface area contributed by atoms with Crippen LogP contribution in [0.15, 0.2) is 58.2 Å². The first-order valence-electron chi connectivity index (χ1n) is 9.87. The fourth-order valence-corrected chi connectivity index (χ4v) is 3.44. The summed E-state index contributed by atoms with van der Waals surface area (Å²) in [6.45, 7) is 5.45. The van der Waals surface area contributed by atoms with Crippen LogP contribution in [0.5, 0.6) is 5.75 Å². The Morgan fingerprint density at radius 3 is 2.67 bits per heavy atom. The zero-order valence-corrected chi connectivity index (χ0v) is 17.7. The number of H-pyrrole nitrogens is 1. The Bertz CT molecular complexity index is 1240. The fourth-order valence-electron chi connectivity index (χ4n) is 3.44. The van der Waals surface area contributed by atoms with Crippen LogP contribution in [-0.2, 0) is 0 Å². The minimum absolute atomic E-state index is 0.0461. The Balaban J connectivity index is 1.73. The number of aromatic nitrogens is 2. The van der Waals surface area contributed by atoms with Gasteiger partial charge in [0.05, 0.1) is 11.7 Å². The number of aromatic amines is 1. The number of aryl methyl sites for hydroxylation is 2. The molecule has 0 spiro atoms. The molecule has 0 saturated heterocycles. The number of benzene rings is 2. The minimum atomic E-state index is -0.0461. The number of fused-ring (bicyclic) bond motifs is 1. The smallest absolute Gasteiger partial charge is 0.190 e. The second kappa shape index (κ2) is 8.16. The molecule has 0 aliphatic rings. The number of hydrogen-bond donors (Lipinski definition) is 1. The van der Waals surface area contributed by atoms with E-state index in [0.29, 0.717) is 17.8 Å². The lowest BCUT2D eigenvalue weighted by atomic mass is 10.0. The predicted octanol–water partition coefficient (Wildman–Crippen LogP) is 4.41. The third-order valence-corrected chi connectivity index (χ3v) is 5.17. The van der Waals surface area contributed by atoms with E-state index in [1.54, 1.807) is 12.3 Å². The molecule has 30 heavy (non-hydrogen) atoms. The van der Waals surface area contributed by atoms with Crippen LogP contribution in [-0.4, -0.2) is 42.1 Å². The number of hydrogen-bond acceptors (Lipinski definition) is 5. The van der Waals surface area contributed by atoms with E-state index in [0.717, 1.165) is 45.8 Å². The first kappa shape index (κ1) is 19.9. The summed E-state index contributed by atoms with van der Waals surface area (Å²) in [6.07, 6.45) is 3.04. The summed E-state index contributed by atoms with van der Waals surface area (Å²) in [6, 6.07) is 11.5. The molecule has 0 unspecified atom stereocenters. The van der Waals surface area contributed by atoms with E-state index in [4.69, 9.17) is 9.15 Å². The van der Waals surface area contributed by atoms with Crippen LogP contribution in [0.4, 0.5) is 0 Å². The predicted molar refractivity (Wildman–Crippen MR) is 119 cm³/mol. The minimum Gasteiger partial charge on any atom is -0.492 e. The van der Waals surface area contributed by atoms with Crippen molar-refractivity contribution in [1.29, 1.82) is 0 Å². The number of likely N-dealkylation sites (N-methyl/N-ethyl adjacent to an activating group) is 1. The van der Waals surface area contributed by atoms with Crippen molar-refractivity contribution in [2.24, 2.45) is 0 Å². The highest BCUT2D eigenvalue weighted by Crippen LogP contribution is 2.29. The van der Waals surface area contributed by atoms with E-state index >= 15 is 0 Å². The van der Waals surface area contributed by atoms with E-state index in [-0.39, 0.29) is 5.43 Å². The number of nitrogens with one attached hydrogen (secondary N) is 1. The van der Waals surface area contributed by atoms with Crippen molar-refractivity contribution in [2.75, 3.05) is 27.2 Å². The molecule has 4 aromatic rings. The lowest BCUT2D eigenvalue weighted by Gasteiger charge is -2.14. The molecule has 154 valence electrons. The first-order valence-corrected chi connectivity index (χ1v) is 9.87. The van der Waals surface area contributed by atoms with Gasteiger partial charge in [-0.15, -0.1) is 0 Å². The van der Waals surface area contributed by atoms with Gasteiger partial charge in [-0.2, -0.15) is 0 Å². The van der Waals surface area contributed by atoms with Gasteiger partial charge in [0.1, 0.15) is 12.4 Å². The molecule has 6 heteroatoms. The highest BCUT2D eigenvalue weighted by atomic mass is 16.5. The van der Waals surface area contributed by atoms with E-state index in [2.05, 4.69) is 14.9 Å². The normalized spacial score (nSPS) is 11.4. The quantitative estimate of drug-likeness (QED) is 0.516. The van der Waals surface area contributed by atoms with Crippen molar-refractivity contribution in [1.82, 2.24) is 14.9 Å². The Labute approximate surface area is 175 Å². The molecule has 0 fully saturated rings. The van der Waals surface area contributed by atoms with Crippen LogP contribution in [0.2, 0.25) is 0 Å². The van der Waals surface area contributed by atoms with Crippen LogP contribution < -0.4 is 10.2 Å². The van der Waals surface area contributed by atoms with Gasteiger partial charge in [-0.1, -0.05) is 12.1 Å². The van der Waals surface area contributed by atoms with Crippen molar-refractivity contribution in [3.05, 3.63) is 70.3 Å². The average Bonchev–Trinajstić information content (AvgIpc) is 3.23. The van der Waals surface area contributed by atoms with E-state index in [9.17, 15) is 4.79 Å². The van der Waals surface area contributed by atoms with Gasteiger partial charge in [-0.25, -0.2) is 4.98 Å². The summed E-state index contributed by atoms with van der Waals surface area (Å²) in [5, 5.41) is 0.616. The molecule has 0 radical (unpaired) electrons. The molecule has 2 heterocycles. The Kier molecular flexibility index (Phi) is 5.42. The molecule has 6 nitrogen and oxygen atoms in total. The Morgan fingerprint density at radius 2 is 1.93 bits per heavy atom. The lowest BCUT2D eigenvalue weighted by Crippen LogP contribution is -2.19. The second-order valence-corrected chi connectivity index (χ2v) is 7.76. The molecule has 0 aliphatic carbocycles. The molecule has 0 atom stereocenters. The summed E-state index contributed by atoms with van der Waals surface area (Å²) in [5.41, 5.74) is 5.35. The summed E-state index contributed by atoms with van der Waals surface area (Å²) in [5.74, 6) is 1.48. The monoisotopic (exact) mass is 403 g/mol. The van der Waals surface area contributed by atoms with Crippen LogP contribution in [0, 0.1) is 13.8 Å². The average molecular weight is 403 g/mol. The van der Waals surface area contributed by atoms with Crippen molar-refractivity contribution >= 4 is 10.9 Å². The van der Waals surface area contributed by atoms with Crippen molar-refractivity contribution in [3.63, 3.8) is 0 Å². The van der Waals surface area contributed by atoms with Gasteiger partial charge >= 0.3 is 0 Å². The summed E-state index contributed by atoms with van der Waals surface area (Å²) in [7, 11) is 4.03. The van der Waals surface area contributed by atoms with Crippen molar-refractivity contribution < 1.29 is 9.15 Å². The molecule has 2 aromatic carbocycles. The van der Waals surface area contributed by atoms with Gasteiger partial charge in [-0.05, 0) is 57.3 Å². The van der Waals surface area contributed by atoms with Crippen molar-refractivity contribution in [2.45, 2.75) is 13.8 Å². The zero-order valence-electron chi connectivity index (χ0n) is 17.7. The number of nitrogens with zero attached hydrogens (tertiary/aromatic N) is 2. The molecular weight excluding hydrogens is 378 g/mol. The van der Waals surface area contributed by atoms with Gasteiger partial charge in [0.25, 0.3) is 0 Å². The maximum atomic E-state index is 12.9. The zero-order chi connectivity index (χ0) is 21.3. The van der Waals surface area contributed by atoms with E-state index in [1.807, 2.05) is 58.3 Å². The molecule has 1 N–H and O–H groups in total. The van der Waals surface area contributed by atoms with Crippen LogP contribution in [0.3, 0.4) is 0 Å². The van der Waals surface area contributed by atoms with Gasteiger partial charge in [0.15, 0.2) is 17.6 Å².